The molecular weight excluding hydrogens is 377 g/mol. The lowest BCUT2D eigenvalue weighted by Gasteiger charge is -2.14. The number of hydrogen-bond acceptors (Lipinski definition) is 2. The second-order valence-electron chi connectivity index (χ2n) is 4.37. The third kappa shape index (κ3) is 6.08. The molecule has 0 aliphatic rings. The van der Waals surface area contributed by atoms with Crippen LogP contribution >= 0.6 is 27.7 Å². The number of alkyl halides is 3. The minimum atomic E-state index is -2.99. The lowest BCUT2D eigenvalue weighted by Crippen LogP contribution is -2.04. The van der Waals surface area contributed by atoms with E-state index in [0.29, 0.717) is 10.9 Å². The average Bonchev–Trinajstić information content (AvgIpc) is 2.48. The van der Waals surface area contributed by atoms with Crippen molar-refractivity contribution in [2.24, 2.45) is 0 Å². The molecule has 0 N–H and O–H groups in total. The maximum absolute atomic E-state index is 13.3. The van der Waals surface area contributed by atoms with Crippen LogP contribution in [0.25, 0.3) is 4.91 Å². The van der Waals surface area contributed by atoms with Crippen molar-refractivity contribution in [2.75, 3.05) is 5.33 Å². The quantitative estimate of drug-likeness (QED) is 0.459. The summed E-state index contributed by atoms with van der Waals surface area (Å²) in [6.07, 6.45) is 5.87. The Labute approximate surface area is 141 Å². The largest absolute Gasteiger partial charge is 0.434 e. The van der Waals surface area contributed by atoms with E-state index in [9.17, 15) is 13.2 Å². The fourth-order valence-electron chi connectivity index (χ4n) is 1.73. The summed E-state index contributed by atoms with van der Waals surface area (Å²) in [5.41, 5.74) is 0.456. The third-order valence-corrected chi connectivity index (χ3v) is 4.94. The molecule has 0 radical (unpaired) electrons. The van der Waals surface area contributed by atoms with E-state index < -0.39 is 12.4 Å². The van der Waals surface area contributed by atoms with Crippen LogP contribution in [0.4, 0.5) is 13.2 Å². The smallest absolute Gasteiger partial charge is 0.387 e. The molecule has 1 nitrogen and oxygen atoms in total. The number of unbranched alkanes of at least 4 members (excludes halogenated alkanes) is 1. The Hall–Kier alpha value is -0.880. The van der Waals surface area contributed by atoms with Crippen LogP contribution in [-0.2, 0) is 0 Å². The summed E-state index contributed by atoms with van der Waals surface area (Å²) in [5.74, 6) is -0.762. The summed E-state index contributed by atoms with van der Waals surface area (Å²) in [4.78, 5) is 1.82. The fourth-order valence-corrected chi connectivity index (χ4v) is 3.24. The zero-order valence-corrected chi connectivity index (χ0v) is 14.8. The van der Waals surface area contributed by atoms with E-state index in [1.54, 1.807) is 6.08 Å². The van der Waals surface area contributed by atoms with Gasteiger partial charge in [-0.25, -0.2) is 4.39 Å². The second-order valence-corrected chi connectivity index (χ2v) is 6.10. The summed E-state index contributed by atoms with van der Waals surface area (Å²) >= 11 is 4.88. The van der Waals surface area contributed by atoms with Crippen LogP contribution in [0.3, 0.4) is 0 Å². The highest BCUT2D eigenvalue weighted by atomic mass is 79.9. The Morgan fingerprint density at radius 2 is 2.14 bits per heavy atom. The zero-order chi connectivity index (χ0) is 16.5. The van der Waals surface area contributed by atoms with Gasteiger partial charge in [-0.1, -0.05) is 53.2 Å². The van der Waals surface area contributed by atoms with Gasteiger partial charge in [-0.2, -0.15) is 8.78 Å². The number of hydrogen-bond donors (Lipinski definition) is 0. The van der Waals surface area contributed by atoms with E-state index in [0.717, 1.165) is 28.7 Å². The van der Waals surface area contributed by atoms with Crippen LogP contribution in [0.1, 0.15) is 32.3 Å². The number of allylic oxidation sites excluding steroid dienone is 3. The topological polar surface area (TPSA) is 9.23 Å². The van der Waals surface area contributed by atoms with Crippen molar-refractivity contribution in [3.8, 4) is 5.75 Å². The Morgan fingerprint density at radius 3 is 2.68 bits per heavy atom. The van der Waals surface area contributed by atoms with Crippen molar-refractivity contribution in [1.29, 1.82) is 0 Å². The van der Waals surface area contributed by atoms with Gasteiger partial charge < -0.3 is 4.74 Å². The predicted molar refractivity (Wildman–Crippen MR) is 91.1 cm³/mol. The molecule has 0 aliphatic carbocycles. The van der Waals surface area contributed by atoms with E-state index in [2.05, 4.69) is 33.7 Å². The molecular formula is C16H18BrF3OS. The van der Waals surface area contributed by atoms with Crippen LogP contribution in [0.2, 0.25) is 0 Å². The van der Waals surface area contributed by atoms with E-state index in [1.165, 1.54) is 23.9 Å². The average molecular weight is 395 g/mol. The molecule has 122 valence electrons. The molecule has 0 aromatic heterocycles. The first kappa shape index (κ1) is 19.2. The molecule has 0 heterocycles. The second kappa shape index (κ2) is 10.0. The van der Waals surface area contributed by atoms with Crippen molar-refractivity contribution >= 4 is 32.6 Å². The Morgan fingerprint density at radius 1 is 1.41 bits per heavy atom. The maximum atomic E-state index is 13.3. The van der Waals surface area contributed by atoms with Crippen LogP contribution < -0.4 is 4.74 Å². The lowest BCUT2D eigenvalue weighted by molar-refractivity contribution is -0.0501. The van der Waals surface area contributed by atoms with Crippen molar-refractivity contribution in [1.82, 2.24) is 0 Å². The molecule has 0 unspecified atom stereocenters. The van der Waals surface area contributed by atoms with Crippen molar-refractivity contribution in [3.63, 3.8) is 0 Å². The Kier molecular flexibility index (Phi) is 8.71. The highest BCUT2D eigenvalue weighted by molar-refractivity contribution is 9.09. The van der Waals surface area contributed by atoms with Crippen molar-refractivity contribution < 1.29 is 17.9 Å². The summed E-state index contributed by atoms with van der Waals surface area (Å²) in [7, 11) is 0. The first-order valence-corrected chi connectivity index (χ1v) is 8.79. The predicted octanol–water partition coefficient (Wildman–Crippen LogP) is 6.60. The van der Waals surface area contributed by atoms with Crippen LogP contribution in [0.5, 0.6) is 5.75 Å². The first-order valence-electron chi connectivity index (χ1n) is 6.85. The molecule has 1 aromatic rings. The molecule has 0 amide bonds. The number of thioether (sulfide) groups is 1. The fraction of sp³-hybridized carbons (Fsp3) is 0.375. The van der Waals surface area contributed by atoms with Crippen LogP contribution in [0, 0.1) is 5.82 Å². The highest BCUT2D eigenvalue weighted by Crippen LogP contribution is 2.39. The molecule has 0 bridgehead atoms. The normalized spacial score (nSPS) is 12.9. The van der Waals surface area contributed by atoms with Crippen molar-refractivity contribution in [3.05, 3.63) is 46.6 Å². The molecule has 0 atom stereocenters. The van der Waals surface area contributed by atoms with Gasteiger partial charge in [0, 0.05) is 21.9 Å². The Bertz CT molecular complexity index is 544. The number of halogens is 4. The number of ether oxygens (including phenoxy) is 1. The van der Waals surface area contributed by atoms with E-state index in [4.69, 9.17) is 0 Å². The minimum absolute atomic E-state index is 0.153. The van der Waals surface area contributed by atoms with Gasteiger partial charge in [0.05, 0.1) is 0 Å². The van der Waals surface area contributed by atoms with Gasteiger partial charge in [-0.3, -0.25) is 0 Å². The number of rotatable bonds is 8. The Balaban J connectivity index is 3.09. The molecule has 0 spiro atoms. The third-order valence-electron chi connectivity index (χ3n) is 2.72. The summed E-state index contributed by atoms with van der Waals surface area (Å²) in [5, 5.41) is 0.668. The molecule has 6 heteroatoms. The molecule has 0 saturated heterocycles. The summed E-state index contributed by atoms with van der Waals surface area (Å²) < 4.78 is 42.7. The van der Waals surface area contributed by atoms with Gasteiger partial charge in [0.15, 0.2) is 0 Å². The monoisotopic (exact) mass is 394 g/mol. The van der Waals surface area contributed by atoms with Crippen LogP contribution in [-0.4, -0.2) is 11.9 Å². The van der Waals surface area contributed by atoms with Gasteiger partial charge >= 0.3 is 6.61 Å². The zero-order valence-electron chi connectivity index (χ0n) is 12.4. The van der Waals surface area contributed by atoms with Gasteiger partial charge in [-0.15, -0.1) is 0 Å². The molecule has 1 rings (SSSR count). The molecule has 0 saturated carbocycles. The summed E-state index contributed by atoms with van der Waals surface area (Å²) in [6.45, 7) is 0.900. The molecule has 0 aliphatic heterocycles. The summed E-state index contributed by atoms with van der Waals surface area (Å²) in [6, 6.07) is 3.68. The van der Waals surface area contributed by atoms with E-state index >= 15 is 0 Å². The van der Waals surface area contributed by atoms with Gasteiger partial charge in [0.2, 0.25) is 0 Å². The first-order chi connectivity index (χ1) is 10.5. The molecule has 0 fully saturated rings. The van der Waals surface area contributed by atoms with Crippen molar-refractivity contribution in [2.45, 2.75) is 33.3 Å². The van der Waals surface area contributed by atoms with Gasteiger partial charge in [0.1, 0.15) is 11.6 Å². The minimum Gasteiger partial charge on any atom is -0.434 e. The van der Waals surface area contributed by atoms with Gasteiger partial charge in [0.25, 0.3) is 0 Å². The van der Waals surface area contributed by atoms with Crippen LogP contribution in [0.15, 0.2) is 35.3 Å². The SMILES string of the molecule is C/C=C(\S/C(=C/CCC)CBr)c1ccc(F)cc1OC(F)F. The highest BCUT2D eigenvalue weighted by Gasteiger charge is 2.15. The van der Waals surface area contributed by atoms with Gasteiger partial charge in [-0.05, 0) is 30.4 Å². The van der Waals surface area contributed by atoms with E-state index in [1.807, 2.05) is 6.92 Å². The molecule has 22 heavy (non-hydrogen) atoms. The van der Waals surface area contributed by atoms with E-state index in [-0.39, 0.29) is 5.75 Å². The lowest BCUT2D eigenvalue weighted by atomic mass is 10.2. The number of benzene rings is 1. The maximum Gasteiger partial charge on any atom is 0.387 e. The molecule has 1 aromatic carbocycles. The standard InChI is InChI=1S/C16H18BrF3OS/c1-3-5-6-12(10-17)22-15(4-2)13-8-7-11(18)9-14(13)21-16(19)20/h4,6-9,16H,3,5,10H2,1-2H3/b12-6+,15-4-.